The zero-order valence-electron chi connectivity index (χ0n) is 16.5. The first-order valence-corrected chi connectivity index (χ1v) is 10.2. The first-order valence-electron chi connectivity index (χ1n) is 9.42. The highest BCUT2D eigenvalue weighted by molar-refractivity contribution is 9.10. The van der Waals surface area contributed by atoms with Gasteiger partial charge in [0.05, 0.1) is 6.54 Å². The molecule has 0 unspecified atom stereocenters. The normalized spacial score (nSPS) is 10.7. The van der Waals surface area contributed by atoms with E-state index in [0.717, 1.165) is 10.0 Å². The number of pyridine rings is 1. The lowest BCUT2D eigenvalue weighted by Crippen LogP contribution is -2.34. The number of nitrogens with two attached hydrogens (primary N) is 1. The molecule has 2 aromatic carbocycles. The fourth-order valence-electron chi connectivity index (χ4n) is 3.00. The summed E-state index contributed by atoms with van der Waals surface area (Å²) in [6, 6.07) is 14.8. The second-order valence-electron chi connectivity index (χ2n) is 6.75. The van der Waals surface area contributed by atoms with E-state index in [1.165, 1.54) is 12.1 Å². The third kappa shape index (κ3) is 4.70. The molecule has 0 bridgehead atoms. The zero-order chi connectivity index (χ0) is 22.7. The maximum Gasteiger partial charge on any atom is 0.271 e. The Morgan fingerprint density at radius 1 is 1.03 bits per heavy atom. The van der Waals surface area contributed by atoms with Gasteiger partial charge in [-0.15, -0.1) is 0 Å². The molecule has 2 amide bonds. The average molecular weight is 495 g/mol. The molecule has 0 saturated carbocycles. The van der Waals surface area contributed by atoms with Gasteiger partial charge in [0, 0.05) is 27.3 Å². The van der Waals surface area contributed by atoms with Crippen LogP contribution in [-0.2, 0) is 4.79 Å². The minimum Gasteiger partial charge on any atom is -0.368 e. The number of aromatic nitrogens is 3. The number of fused-ring (bicyclic) bond motifs is 1. The van der Waals surface area contributed by atoms with Gasteiger partial charge in [-0.3, -0.25) is 9.59 Å². The largest absolute Gasteiger partial charge is 0.368 e. The first kappa shape index (κ1) is 21.3. The van der Waals surface area contributed by atoms with Crippen molar-refractivity contribution in [1.82, 2.24) is 20.3 Å². The first-order chi connectivity index (χ1) is 15.4. The molecule has 0 fully saturated rings. The van der Waals surface area contributed by atoms with Crippen molar-refractivity contribution in [2.24, 2.45) is 5.73 Å². The molecule has 0 aliphatic carbocycles. The predicted octanol–water partition coefficient (Wildman–Crippen LogP) is 3.55. The Morgan fingerprint density at radius 3 is 2.50 bits per heavy atom. The fourth-order valence-corrected chi connectivity index (χ4v) is 3.49. The summed E-state index contributed by atoms with van der Waals surface area (Å²) in [7, 11) is 0. The number of hydrogen-bond acceptors (Lipinski definition) is 6. The van der Waals surface area contributed by atoms with Crippen LogP contribution in [0, 0.1) is 5.82 Å². The topological polar surface area (TPSA) is 123 Å². The fraction of sp³-hybridized carbons (Fsp3) is 0.0455. The molecule has 4 N–H and O–H groups in total. The highest BCUT2D eigenvalue weighted by atomic mass is 79.9. The van der Waals surface area contributed by atoms with Crippen LogP contribution < -0.4 is 16.4 Å². The van der Waals surface area contributed by atoms with E-state index in [2.05, 4.69) is 41.5 Å². The summed E-state index contributed by atoms with van der Waals surface area (Å²) in [6.45, 7) is -0.324. The number of anilines is 2. The highest BCUT2D eigenvalue weighted by Crippen LogP contribution is 2.32. The number of hydrogen-bond donors (Lipinski definition) is 3. The SMILES string of the molecule is NC(=O)CNC(=O)c1nc2nc(Nc3ccc(F)cc3)ncc2cc1-c1ccccc1Br. The molecular weight excluding hydrogens is 479 g/mol. The molecule has 0 aliphatic rings. The molecule has 0 aliphatic heterocycles. The van der Waals surface area contributed by atoms with Gasteiger partial charge in [0.1, 0.15) is 11.5 Å². The Kier molecular flexibility index (Phi) is 6.04. The molecule has 0 atom stereocenters. The molecule has 160 valence electrons. The summed E-state index contributed by atoms with van der Waals surface area (Å²) in [4.78, 5) is 37.1. The summed E-state index contributed by atoms with van der Waals surface area (Å²) >= 11 is 3.49. The molecular formula is C22H16BrFN6O2. The molecule has 32 heavy (non-hydrogen) atoms. The summed E-state index contributed by atoms with van der Waals surface area (Å²) in [5, 5.41) is 6.04. The minimum absolute atomic E-state index is 0.0806. The van der Waals surface area contributed by atoms with Gasteiger partial charge in [-0.2, -0.15) is 4.98 Å². The van der Waals surface area contributed by atoms with E-state index >= 15 is 0 Å². The summed E-state index contributed by atoms with van der Waals surface area (Å²) in [6.07, 6.45) is 1.58. The monoisotopic (exact) mass is 494 g/mol. The quantitative estimate of drug-likeness (QED) is 0.376. The van der Waals surface area contributed by atoms with Crippen LogP contribution >= 0.6 is 15.9 Å². The number of nitrogens with one attached hydrogen (secondary N) is 2. The molecule has 2 heterocycles. The number of primary amides is 1. The number of nitrogens with zero attached hydrogens (tertiary/aromatic N) is 3. The number of carbonyl (C=O) groups excluding carboxylic acids is 2. The van der Waals surface area contributed by atoms with Crippen molar-refractivity contribution in [3.63, 3.8) is 0 Å². The van der Waals surface area contributed by atoms with Crippen molar-refractivity contribution < 1.29 is 14.0 Å². The number of carbonyl (C=O) groups is 2. The Bertz CT molecular complexity index is 1330. The molecule has 0 spiro atoms. The maximum absolute atomic E-state index is 13.1. The van der Waals surface area contributed by atoms with Gasteiger partial charge in [0.15, 0.2) is 5.65 Å². The van der Waals surface area contributed by atoms with Crippen LogP contribution in [0.25, 0.3) is 22.2 Å². The number of amides is 2. The molecule has 10 heteroatoms. The summed E-state index contributed by atoms with van der Waals surface area (Å²) in [5.74, 6) is -1.37. The standard InChI is InChI=1S/C22H16BrFN6O2/c23-17-4-2-1-3-15(17)16-9-12-10-27-22(28-14-7-5-13(24)6-8-14)30-20(12)29-19(16)21(32)26-11-18(25)31/h1-10H,11H2,(H2,25,31)(H,26,32)(H,27,28,29,30). The Balaban J connectivity index is 1.79. The predicted molar refractivity (Wildman–Crippen MR) is 122 cm³/mol. The van der Waals surface area contributed by atoms with Crippen LogP contribution in [0.2, 0.25) is 0 Å². The minimum atomic E-state index is -0.672. The van der Waals surface area contributed by atoms with E-state index in [9.17, 15) is 14.0 Å². The molecule has 0 radical (unpaired) electrons. The second-order valence-corrected chi connectivity index (χ2v) is 7.61. The van der Waals surface area contributed by atoms with Gasteiger partial charge in [-0.1, -0.05) is 34.1 Å². The van der Waals surface area contributed by atoms with Crippen molar-refractivity contribution in [3.8, 4) is 11.1 Å². The van der Waals surface area contributed by atoms with E-state index in [0.29, 0.717) is 16.6 Å². The van der Waals surface area contributed by atoms with Crippen LogP contribution in [0.5, 0.6) is 0 Å². The van der Waals surface area contributed by atoms with Crippen molar-refractivity contribution in [2.75, 3.05) is 11.9 Å². The van der Waals surface area contributed by atoms with Crippen LogP contribution in [0.1, 0.15) is 10.5 Å². The van der Waals surface area contributed by atoms with Crippen molar-refractivity contribution in [3.05, 3.63) is 76.8 Å². The molecule has 0 saturated heterocycles. The highest BCUT2D eigenvalue weighted by Gasteiger charge is 2.19. The van der Waals surface area contributed by atoms with Gasteiger partial charge >= 0.3 is 0 Å². The Labute approximate surface area is 190 Å². The van der Waals surface area contributed by atoms with Crippen LogP contribution in [-0.4, -0.2) is 33.3 Å². The van der Waals surface area contributed by atoms with Crippen LogP contribution in [0.15, 0.2) is 65.3 Å². The lowest BCUT2D eigenvalue weighted by molar-refractivity contribution is -0.117. The molecule has 8 nitrogen and oxygen atoms in total. The lowest BCUT2D eigenvalue weighted by Gasteiger charge is -2.12. The summed E-state index contributed by atoms with van der Waals surface area (Å²) in [5.41, 5.74) is 7.37. The van der Waals surface area contributed by atoms with Gasteiger partial charge in [-0.25, -0.2) is 14.4 Å². The second kappa shape index (κ2) is 9.06. The van der Waals surface area contributed by atoms with Gasteiger partial charge < -0.3 is 16.4 Å². The van der Waals surface area contributed by atoms with Crippen molar-refractivity contribution >= 4 is 50.4 Å². The van der Waals surface area contributed by atoms with Crippen LogP contribution in [0.3, 0.4) is 0 Å². The van der Waals surface area contributed by atoms with Crippen LogP contribution in [0.4, 0.5) is 16.0 Å². The maximum atomic E-state index is 13.1. The van der Waals surface area contributed by atoms with Crippen molar-refractivity contribution in [2.45, 2.75) is 0 Å². The summed E-state index contributed by atoms with van der Waals surface area (Å²) < 4.78 is 13.9. The van der Waals surface area contributed by atoms with Crippen molar-refractivity contribution in [1.29, 1.82) is 0 Å². The van der Waals surface area contributed by atoms with Gasteiger partial charge in [-0.05, 0) is 42.0 Å². The van der Waals surface area contributed by atoms with E-state index in [1.807, 2.05) is 24.3 Å². The Morgan fingerprint density at radius 2 is 1.78 bits per heavy atom. The van der Waals surface area contributed by atoms with E-state index < -0.39 is 11.8 Å². The number of rotatable bonds is 6. The van der Waals surface area contributed by atoms with Gasteiger partial charge in [0.25, 0.3) is 5.91 Å². The lowest BCUT2D eigenvalue weighted by atomic mass is 10.0. The smallest absolute Gasteiger partial charge is 0.271 e. The third-order valence-corrected chi connectivity index (χ3v) is 5.16. The molecule has 4 rings (SSSR count). The number of benzene rings is 2. The zero-order valence-corrected chi connectivity index (χ0v) is 18.1. The average Bonchev–Trinajstić information content (AvgIpc) is 2.78. The number of halogens is 2. The molecule has 4 aromatic rings. The molecule has 2 aromatic heterocycles. The van der Waals surface area contributed by atoms with E-state index in [-0.39, 0.29) is 29.7 Å². The van der Waals surface area contributed by atoms with Gasteiger partial charge in [0.2, 0.25) is 11.9 Å². The van der Waals surface area contributed by atoms with E-state index in [4.69, 9.17) is 5.73 Å². The Hall–Kier alpha value is -3.92. The van der Waals surface area contributed by atoms with E-state index in [1.54, 1.807) is 24.4 Å². The third-order valence-electron chi connectivity index (χ3n) is 4.47.